The molecule has 9 heteroatoms. The van der Waals surface area contributed by atoms with Crippen molar-refractivity contribution in [1.82, 2.24) is 4.31 Å². The number of sulfonamides is 1. The van der Waals surface area contributed by atoms with Crippen molar-refractivity contribution in [3.05, 3.63) is 23.8 Å². The number of carbonyl (C=O) groups excluding carboxylic acids is 1. The van der Waals surface area contributed by atoms with Crippen LogP contribution in [-0.2, 0) is 30.8 Å². The number of benzene rings is 1. The lowest BCUT2D eigenvalue weighted by Gasteiger charge is -2.34. The first-order valence-electron chi connectivity index (χ1n) is 8.15. The minimum absolute atomic E-state index is 0.0399. The van der Waals surface area contributed by atoms with Gasteiger partial charge in [-0.1, -0.05) is 6.92 Å². The van der Waals surface area contributed by atoms with E-state index in [1.807, 2.05) is 6.92 Å². The summed E-state index contributed by atoms with van der Waals surface area (Å²) in [5, 5.41) is 9.28. The van der Waals surface area contributed by atoms with Gasteiger partial charge in [-0.15, -0.1) is 0 Å². The second kappa shape index (κ2) is 8.05. The highest BCUT2D eigenvalue weighted by molar-refractivity contribution is 7.89. The molecule has 26 heavy (non-hydrogen) atoms. The topological polar surface area (TPSA) is 110 Å². The van der Waals surface area contributed by atoms with Crippen molar-refractivity contribution < 1.29 is 32.6 Å². The summed E-state index contributed by atoms with van der Waals surface area (Å²) in [6.45, 7) is 1.96. The fraction of sp³-hybridized carbons (Fsp3) is 0.529. The van der Waals surface area contributed by atoms with Gasteiger partial charge in [0.2, 0.25) is 10.0 Å². The molecule has 2 atom stereocenters. The van der Waals surface area contributed by atoms with Crippen LogP contribution >= 0.6 is 0 Å². The van der Waals surface area contributed by atoms with E-state index in [0.29, 0.717) is 12.2 Å². The lowest BCUT2D eigenvalue weighted by atomic mass is 9.92. The molecule has 0 bridgehead atoms. The third kappa shape index (κ3) is 4.34. The molecule has 2 unspecified atom stereocenters. The summed E-state index contributed by atoms with van der Waals surface area (Å²) in [7, 11) is -1.30. The van der Waals surface area contributed by atoms with Crippen LogP contribution in [0.2, 0.25) is 0 Å². The van der Waals surface area contributed by atoms with Crippen LogP contribution in [0, 0.1) is 11.8 Å². The number of aliphatic carboxylic acids is 1. The Morgan fingerprint density at radius 1 is 1.27 bits per heavy atom. The normalized spacial score (nSPS) is 21.2. The van der Waals surface area contributed by atoms with Crippen molar-refractivity contribution in [1.29, 1.82) is 0 Å². The zero-order valence-electron chi connectivity index (χ0n) is 15.0. The summed E-state index contributed by atoms with van der Waals surface area (Å²) in [5.74, 6) is -2.01. The lowest BCUT2D eigenvalue weighted by Crippen LogP contribution is -2.45. The average Bonchev–Trinajstić information content (AvgIpc) is 2.60. The van der Waals surface area contributed by atoms with Gasteiger partial charge in [0.05, 0.1) is 31.5 Å². The Kier molecular flexibility index (Phi) is 6.25. The first kappa shape index (κ1) is 20.2. The van der Waals surface area contributed by atoms with Crippen LogP contribution in [0.15, 0.2) is 23.1 Å². The molecule has 0 radical (unpaired) electrons. The van der Waals surface area contributed by atoms with Gasteiger partial charge >= 0.3 is 11.9 Å². The van der Waals surface area contributed by atoms with Crippen LogP contribution in [-0.4, -0.2) is 57.1 Å². The third-order valence-corrected chi connectivity index (χ3v) is 6.36. The van der Waals surface area contributed by atoms with Gasteiger partial charge in [0, 0.05) is 13.1 Å². The number of esters is 1. The first-order chi connectivity index (χ1) is 12.2. The van der Waals surface area contributed by atoms with Crippen LogP contribution in [0.4, 0.5) is 0 Å². The van der Waals surface area contributed by atoms with Gasteiger partial charge < -0.3 is 14.6 Å². The Labute approximate surface area is 152 Å². The average molecular weight is 385 g/mol. The molecule has 2 rings (SSSR count). The molecule has 8 nitrogen and oxygen atoms in total. The van der Waals surface area contributed by atoms with Crippen LogP contribution in [0.25, 0.3) is 0 Å². The molecule has 1 N–H and O–H groups in total. The molecule has 1 fully saturated rings. The molecular formula is C17H23NO7S. The zero-order valence-corrected chi connectivity index (χ0v) is 15.8. The Morgan fingerprint density at radius 2 is 1.96 bits per heavy atom. The third-order valence-electron chi connectivity index (χ3n) is 4.42. The van der Waals surface area contributed by atoms with Gasteiger partial charge in [-0.05, 0) is 36.1 Å². The molecular weight excluding hydrogens is 362 g/mol. The summed E-state index contributed by atoms with van der Waals surface area (Å²) < 4.78 is 37.2. The summed E-state index contributed by atoms with van der Waals surface area (Å²) in [4.78, 5) is 23.0. The summed E-state index contributed by atoms with van der Waals surface area (Å²) in [5.41, 5.74) is 0.251. The molecule has 0 aliphatic carbocycles. The number of carbonyl (C=O) groups is 2. The number of hydrogen-bond donors (Lipinski definition) is 1. The Bertz CT molecular complexity index is 790. The molecule has 1 heterocycles. The van der Waals surface area contributed by atoms with Crippen molar-refractivity contribution in [2.24, 2.45) is 11.8 Å². The number of ether oxygens (including phenoxy) is 2. The standard InChI is InChI=1S/C17H23NO7S/c1-11-6-13(17(20)21)10-18(9-11)26(22,23)15-5-4-14(24-2)7-12(15)8-16(19)25-3/h4-5,7,11,13H,6,8-10H2,1-3H3,(H,20,21). The molecule has 0 aromatic heterocycles. The van der Waals surface area contributed by atoms with E-state index in [2.05, 4.69) is 4.74 Å². The number of rotatable bonds is 6. The van der Waals surface area contributed by atoms with E-state index in [1.54, 1.807) is 0 Å². The van der Waals surface area contributed by atoms with E-state index in [1.165, 1.54) is 36.7 Å². The van der Waals surface area contributed by atoms with Crippen molar-refractivity contribution in [2.45, 2.75) is 24.7 Å². The van der Waals surface area contributed by atoms with Gasteiger partial charge in [-0.3, -0.25) is 9.59 Å². The number of piperidine rings is 1. The van der Waals surface area contributed by atoms with Crippen molar-refractivity contribution >= 4 is 22.0 Å². The maximum Gasteiger partial charge on any atom is 0.310 e. The molecule has 1 aromatic rings. The van der Waals surface area contributed by atoms with E-state index < -0.39 is 27.9 Å². The van der Waals surface area contributed by atoms with Gasteiger partial charge in [0.15, 0.2) is 0 Å². The molecule has 144 valence electrons. The number of carboxylic acid groups (broad SMARTS) is 1. The van der Waals surface area contributed by atoms with Crippen molar-refractivity contribution in [2.75, 3.05) is 27.3 Å². The predicted molar refractivity (Wildman–Crippen MR) is 92.4 cm³/mol. The van der Waals surface area contributed by atoms with Crippen molar-refractivity contribution in [3.8, 4) is 5.75 Å². The van der Waals surface area contributed by atoms with E-state index in [0.717, 1.165) is 0 Å². The second-order valence-corrected chi connectivity index (χ2v) is 8.33. The predicted octanol–water partition coefficient (Wildman–Crippen LogP) is 1.14. The summed E-state index contributed by atoms with van der Waals surface area (Å²) in [6.07, 6.45) is 0.201. The highest BCUT2D eigenvalue weighted by atomic mass is 32.2. The summed E-state index contributed by atoms with van der Waals surface area (Å²) >= 11 is 0. The highest BCUT2D eigenvalue weighted by Crippen LogP contribution is 2.30. The quantitative estimate of drug-likeness (QED) is 0.731. The van der Waals surface area contributed by atoms with Crippen LogP contribution in [0.1, 0.15) is 18.9 Å². The van der Waals surface area contributed by atoms with E-state index in [-0.39, 0.29) is 35.9 Å². The van der Waals surface area contributed by atoms with E-state index >= 15 is 0 Å². The Balaban J connectivity index is 2.44. The minimum Gasteiger partial charge on any atom is -0.497 e. The van der Waals surface area contributed by atoms with Crippen LogP contribution in [0.3, 0.4) is 0 Å². The number of nitrogens with zero attached hydrogens (tertiary/aromatic N) is 1. The van der Waals surface area contributed by atoms with E-state index in [4.69, 9.17) is 4.74 Å². The Hall–Kier alpha value is -2.13. The molecule has 1 aliphatic heterocycles. The van der Waals surface area contributed by atoms with Gasteiger partial charge in [-0.2, -0.15) is 4.31 Å². The molecule has 0 saturated carbocycles. The van der Waals surface area contributed by atoms with E-state index in [9.17, 15) is 23.1 Å². The fourth-order valence-electron chi connectivity index (χ4n) is 3.12. The largest absolute Gasteiger partial charge is 0.497 e. The molecule has 1 saturated heterocycles. The zero-order chi connectivity index (χ0) is 19.5. The smallest absolute Gasteiger partial charge is 0.310 e. The maximum atomic E-state index is 13.1. The first-order valence-corrected chi connectivity index (χ1v) is 9.59. The SMILES string of the molecule is COC(=O)Cc1cc(OC)ccc1S(=O)(=O)N1CC(C)CC(C(=O)O)C1. The highest BCUT2D eigenvalue weighted by Gasteiger charge is 2.37. The fourth-order valence-corrected chi connectivity index (χ4v) is 4.92. The minimum atomic E-state index is -3.96. The Morgan fingerprint density at radius 3 is 2.54 bits per heavy atom. The van der Waals surface area contributed by atoms with Gasteiger partial charge in [-0.25, -0.2) is 8.42 Å². The number of methoxy groups -OCH3 is 2. The molecule has 1 aliphatic rings. The lowest BCUT2D eigenvalue weighted by molar-refractivity contribution is -0.143. The number of carboxylic acids is 1. The van der Waals surface area contributed by atoms with Crippen LogP contribution in [0.5, 0.6) is 5.75 Å². The van der Waals surface area contributed by atoms with Crippen molar-refractivity contribution in [3.63, 3.8) is 0 Å². The maximum absolute atomic E-state index is 13.1. The molecule has 0 spiro atoms. The van der Waals surface area contributed by atoms with Gasteiger partial charge in [0.1, 0.15) is 5.75 Å². The van der Waals surface area contributed by atoms with Crippen LogP contribution < -0.4 is 4.74 Å². The molecule has 1 aromatic carbocycles. The molecule has 0 amide bonds. The number of hydrogen-bond acceptors (Lipinski definition) is 6. The second-order valence-electron chi connectivity index (χ2n) is 6.42. The monoisotopic (exact) mass is 385 g/mol. The summed E-state index contributed by atoms with van der Waals surface area (Å²) in [6, 6.07) is 4.35. The van der Waals surface area contributed by atoms with Gasteiger partial charge in [0.25, 0.3) is 0 Å².